The molecule has 2 nitrogen and oxygen atoms in total. The maximum absolute atomic E-state index is 14.0. The quantitative estimate of drug-likeness (QED) is 0.728. The number of benzene rings is 2. The Morgan fingerprint density at radius 3 is 2.73 bits per heavy atom. The highest BCUT2D eigenvalue weighted by Gasteiger charge is 2.12. The molecule has 0 aliphatic carbocycles. The number of para-hydroxylation sites is 1. The zero-order chi connectivity index (χ0) is 15.5. The lowest BCUT2D eigenvalue weighted by Gasteiger charge is -2.08. The van der Waals surface area contributed by atoms with Crippen LogP contribution in [0.15, 0.2) is 48.7 Å². The maximum atomic E-state index is 14.0. The van der Waals surface area contributed by atoms with E-state index in [2.05, 4.69) is 35.1 Å². The molecular weight excluding hydrogens is 299 g/mol. The molecule has 0 radical (unpaired) electrons. The third-order valence-corrected chi connectivity index (χ3v) is 4.18. The Morgan fingerprint density at radius 1 is 1.14 bits per heavy atom. The van der Waals surface area contributed by atoms with Crippen LogP contribution in [0.3, 0.4) is 0 Å². The first-order valence-electron chi connectivity index (χ1n) is 7.41. The fourth-order valence-electron chi connectivity index (χ4n) is 2.71. The third-order valence-electron chi connectivity index (χ3n) is 3.83. The van der Waals surface area contributed by atoms with Crippen LogP contribution in [0.25, 0.3) is 10.9 Å². The predicted octanol–water partition coefficient (Wildman–Crippen LogP) is 4.59. The Hall–Kier alpha value is -1.84. The molecule has 0 spiro atoms. The molecule has 1 aromatic heterocycles. The van der Waals surface area contributed by atoms with Gasteiger partial charge < -0.3 is 9.88 Å². The van der Waals surface area contributed by atoms with Crippen molar-refractivity contribution in [2.75, 3.05) is 6.54 Å². The molecular formula is C18H18ClFN2. The van der Waals surface area contributed by atoms with E-state index in [1.165, 1.54) is 17.0 Å². The van der Waals surface area contributed by atoms with Gasteiger partial charge in [0.15, 0.2) is 0 Å². The summed E-state index contributed by atoms with van der Waals surface area (Å²) in [6, 6.07) is 13.0. The van der Waals surface area contributed by atoms with Crippen LogP contribution in [0.1, 0.15) is 18.1 Å². The van der Waals surface area contributed by atoms with Crippen LogP contribution in [0, 0.1) is 5.82 Å². The van der Waals surface area contributed by atoms with Crippen molar-refractivity contribution in [3.05, 3.63) is 70.6 Å². The monoisotopic (exact) mass is 316 g/mol. The van der Waals surface area contributed by atoms with Crippen LogP contribution in [-0.2, 0) is 13.1 Å². The minimum atomic E-state index is -0.265. The molecule has 3 rings (SSSR count). The molecule has 0 fully saturated rings. The summed E-state index contributed by atoms with van der Waals surface area (Å²) in [5.74, 6) is -0.265. The van der Waals surface area contributed by atoms with Gasteiger partial charge in [-0.05, 0) is 30.3 Å². The van der Waals surface area contributed by atoms with E-state index in [1.807, 2.05) is 12.1 Å². The highest BCUT2D eigenvalue weighted by Crippen LogP contribution is 2.25. The maximum Gasteiger partial charge on any atom is 0.129 e. The zero-order valence-corrected chi connectivity index (χ0v) is 13.2. The summed E-state index contributed by atoms with van der Waals surface area (Å²) in [5.41, 5.74) is 2.83. The minimum Gasteiger partial charge on any atom is -0.343 e. The fraction of sp³-hybridized carbons (Fsp3) is 0.222. The van der Waals surface area contributed by atoms with Crippen LogP contribution >= 0.6 is 11.6 Å². The van der Waals surface area contributed by atoms with Crippen molar-refractivity contribution in [1.29, 1.82) is 0 Å². The molecule has 0 bridgehead atoms. The van der Waals surface area contributed by atoms with Gasteiger partial charge in [-0.15, -0.1) is 0 Å². The van der Waals surface area contributed by atoms with Crippen molar-refractivity contribution in [3.63, 3.8) is 0 Å². The van der Waals surface area contributed by atoms with Crippen LogP contribution in [0.2, 0.25) is 5.02 Å². The summed E-state index contributed by atoms with van der Waals surface area (Å²) in [7, 11) is 0. The van der Waals surface area contributed by atoms with Gasteiger partial charge in [0.1, 0.15) is 5.82 Å². The standard InChI is InChI=1S/C18H18ClFN2/c1-2-21-10-13-11-22(18-9-4-3-6-14(13)18)12-15-16(19)7-5-8-17(15)20/h3-9,11,21H,2,10,12H2,1H3. The first-order chi connectivity index (χ1) is 10.7. The number of hydrogen-bond donors (Lipinski definition) is 1. The topological polar surface area (TPSA) is 17.0 Å². The summed E-state index contributed by atoms with van der Waals surface area (Å²) in [5, 5.41) is 5.00. The molecule has 4 heteroatoms. The lowest BCUT2D eigenvalue weighted by molar-refractivity contribution is 0.602. The molecule has 1 heterocycles. The number of aromatic nitrogens is 1. The van der Waals surface area contributed by atoms with E-state index < -0.39 is 0 Å². The van der Waals surface area contributed by atoms with Crippen LogP contribution in [0.4, 0.5) is 4.39 Å². The van der Waals surface area contributed by atoms with Gasteiger partial charge in [0, 0.05) is 34.2 Å². The van der Waals surface area contributed by atoms with Crippen molar-refractivity contribution < 1.29 is 4.39 Å². The second kappa shape index (κ2) is 6.51. The van der Waals surface area contributed by atoms with E-state index in [-0.39, 0.29) is 5.82 Å². The smallest absolute Gasteiger partial charge is 0.129 e. The van der Waals surface area contributed by atoms with E-state index in [0.717, 1.165) is 18.6 Å². The zero-order valence-electron chi connectivity index (χ0n) is 12.4. The van der Waals surface area contributed by atoms with Gasteiger partial charge in [-0.2, -0.15) is 0 Å². The summed E-state index contributed by atoms with van der Waals surface area (Å²) in [4.78, 5) is 0. The average molecular weight is 317 g/mol. The number of hydrogen-bond acceptors (Lipinski definition) is 1. The second-order valence-corrected chi connectivity index (χ2v) is 5.69. The highest BCUT2D eigenvalue weighted by molar-refractivity contribution is 6.31. The minimum absolute atomic E-state index is 0.265. The van der Waals surface area contributed by atoms with E-state index in [9.17, 15) is 4.39 Å². The van der Waals surface area contributed by atoms with E-state index in [1.54, 1.807) is 12.1 Å². The average Bonchev–Trinajstić information content (AvgIpc) is 2.87. The number of fused-ring (bicyclic) bond motifs is 1. The van der Waals surface area contributed by atoms with Gasteiger partial charge in [0.2, 0.25) is 0 Å². The Kier molecular flexibility index (Phi) is 4.46. The van der Waals surface area contributed by atoms with Gasteiger partial charge in [0.25, 0.3) is 0 Å². The number of nitrogens with one attached hydrogen (secondary N) is 1. The molecule has 22 heavy (non-hydrogen) atoms. The lowest BCUT2D eigenvalue weighted by Crippen LogP contribution is -2.11. The van der Waals surface area contributed by atoms with Crippen LogP contribution in [0.5, 0.6) is 0 Å². The molecule has 2 aromatic carbocycles. The molecule has 0 unspecified atom stereocenters. The Balaban J connectivity index is 2.04. The summed E-state index contributed by atoms with van der Waals surface area (Å²) >= 11 is 6.16. The number of nitrogens with zero attached hydrogens (tertiary/aromatic N) is 1. The van der Waals surface area contributed by atoms with Crippen molar-refractivity contribution in [2.45, 2.75) is 20.0 Å². The molecule has 3 aromatic rings. The molecule has 0 atom stereocenters. The molecule has 114 valence electrons. The Morgan fingerprint density at radius 2 is 1.95 bits per heavy atom. The van der Waals surface area contributed by atoms with Crippen molar-refractivity contribution in [2.24, 2.45) is 0 Å². The first-order valence-corrected chi connectivity index (χ1v) is 7.79. The Labute approximate surface area is 134 Å². The van der Waals surface area contributed by atoms with E-state index in [0.29, 0.717) is 17.1 Å². The third kappa shape index (κ3) is 2.87. The van der Waals surface area contributed by atoms with Crippen molar-refractivity contribution in [3.8, 4) is 0 Å². The van der Waals surface area contributed by atoms with Gasteiger partial charge >= 0.3 is 0 Å². The van der Waals surface area contributed by atoms with E-state index >= 15 is 0 Å². The van der Waals surface area contributed by atoms with Gasteiger partial charge in [0.05, 0.1) is 6.54 Å². The van der Waals surface area contributed by atoms with Gasteiger partial charge in [-0.1, -0.05) is 42.8 Å². The largest absolute Gasteiger partial charge is 0.343 e. The first kappa shape index (κ1) is 15.1. The molecule has 0 aliphatic rings. The van der Waals surface area contributed by atoms with E-state index in [4.69, 9.17) is 11.6 Å². The predicted molar refractivity (Wildman–Crippen MR) is 89.8 cm³/mol. The highest BCUT2D eigenvalue weighted by atomic mass is 35.5. The normalized spacial score (nSPS) is 11.2. The van der Waals surface area contributed by atoms with Crippen LogP contribution in [-0.4, -0.2) is 11.1 Å². The Bertz CT molecular complexity index is 775. The van der Waals surface area contributed by atoms with Crippen LogP contribution < -0.4 is 5.32 Å². The number of rotatable bonds is 5. The van der Waals surface area contributed by atoms with Crippen molar-refractivity contribution in [1.82, 2.24) is 9.88 Å². The molecule has 0 saturated heterocycles. The second-order valence-electron chi connectivity index (χ2n) is 5.28. The summed E-state index contributed by atoms with van der Waals surface area (Å²) < 4.78 is 16.1. The molecule has 0 saturated carbocycles. The fourth-order valence-corrected chi connectivity index (χ4v) is 2.93. The molecule has 0 aliphatic heterocycles. The van der Waals surface area contributed by atoms with Gasteiger partial charge in [-0.3, -0.25) is 0 Å². The van der Waals surface area contributed by atoms with Crippen molar-refractivity contribution >= 4 is 22.5 Å². The number of halogens is 2. The molecule has 1 N–H and O–H groups in total. The summed E-state index contributed by atoms with van der Waals surface area (Å²) in [6.45, 7) is 4.23. The SMILES string of the molecule is CCNCc1cn(Cc2c(F)cccc2Cl)c2ccccc12. The lowest BCUT2D eigenvalue weighted by atomic mass is 10.2. The van der Waals surface area contributed by atoms with Gasteiger partial charge in [-0.25, -0.2) is 4.39 Å². The summed E-state index contributed by atoms with van der Waals surface area (Å²) in [6.07, 6.45) is 2.08. The molecule has 0 amide bonds.